The van der Waals surface area contributed by atoms with Crippen molar-refractivity contribution in [2.24, 2.45) is 0 Å². The van der Waals surface area contributed by atoms with Gasteiger partial charge in [-0.15, -0.1) is 0 Å². The third kappa shape index (κ3) is 4.56. The largest absolute Gasteiger partial charge is 0.372 e. The number of amides is 1. The van der Waals surface area contributed by atoms with Gasteiger partial charge in [-0.1, -0.05) is 17.4 Å². The summed E-state index contributed by atoms with van der Waals surface area (Å²) in [6.07, 6.45) is 3.43. The molecule has 0 aliphatic rings. The first-order chi connectivity index (χ1) is 15.1. The number of hydrogen-bond acceptors (Lipinski definition) is 5. The van der Waals surface area contributed by atoms with Crippen LogP contribution in [0.15, 0.2) is 67.0 Å². The van der Waals surface area contributed by atoms with E-state index in [1.807, 2.05) is 36.4 Å². The van der Waals surface area contributed by atoms with Gasteiger partial charge in [-0.25, -0.2) is 9.37 Å². The Labute approximate surface area is 184 Å². The molecule has 2 heterocycles. The Balaban J connectivity index is 1.70. The maximum atomic E-state index is 13.7. The second-order valence-corrected chi connectivity index (χ2v) is 8.09. The topological polar surface area (TPSA) is 49.3 Å². The van der Waals surface area contributed by atoms with Crippen molar-refractivity contribution in [3.8, 4) is 0 Å². The zero-order chi connectivity index (χ0) is 21.8. The number of rotatable bonds is 7. The lowest BCUT2D eigenvalue weighted by atomic mass is 10.1. The molecule has 0 saturated carbocycles. The second-order valence-electron chi connectivity index (χ2n) is 7.08. The standard InChI is InChI=1S/C24H23FN4OS/c1-3-28(4-2)20-10-7-18(8-11-20)23(30)29(16-17-6-5-13-26-15-17)24-27-21-12-9-19(25)14-22(21)31-24/h5-15H,3-4,16H2,1-2H3. The van der Waals surface area contributed by atoms with Gasteiger partial charge in [0.25, 0.3) is 5.91 Å². The molecule has 0 atom stereocenters. The minimum absolute atomic E-state index is 0.158. The summed E-state index contributed by atoms with van der Waals surface area (Å²) in [5, 5.41) is 0.530. The fourth-order valence-corrected chi connectivity index (χ4v) is 4.45. The summed E-state index contributed by atoms with van der Waals surface area (Å²) in [6.45, 7) is 6.34. The average Bonchev–Trinajstić information content (AvgIpc) is 3.22. The van der Waals surface area contributed by atoms with E-state index < -0.39 is 0 Å². The Morgan fingerprint density at radius 1 is 1.06 bits per heavy atom. The molecule has 158 valence electrons. The van der Waals surface area contributed by atoms with Crippen LogP contribution in [0, 0.1) is 5.82 Å². The van der Waals surface area contributed by atoms with Crippen LogP contribution in [0.3, 0.4) is 0 Å². The number of carbonyl (C=O) groups excluding carboxylic acids is 1. The number of halogens is 1. The van der Waals surface area contributed by atoms with Gasteiger partial charge in [0.2, 0.25) is 0 Å². The molecule has 4 rings (SSSR count). The first-order valence-corrected chi connectivity index (χ1v) is 11.0. The van der Waals surface area contributed by atoms with Crippen molar-refractivity contribution in [2.75, 3.05) is 22.9 Å². The van der Waals surface area contributed by atoms with Crippen molar-refractivity contribution < 1.29 is 9.18 Å². The highest BCUT2D eigenvalue weighted by atomic mass is 32.1. The molecule has 0 bridgehead atoms. The van der Waals surface area contributed by atoms with Crippen molar-refractivity contribution in [3.63, 3.8) is 0 Å². The number of nitrogens with zero attached hydrogens (tertiary/aromatic N) is 4. The van der Waals surface area contributed by atoms with Crippen LogP contribution in [0.5, 0.6) is 0 Å². The monoisotopic (exact) mass is 434 g/mol. The summed E-state index contributed by atoms with van der Waals surface area (Å²) < 4.78 is 14.4. The van der Waals surface area contributed by atoms with E-state index in [-0.39, 0.29) is 11.7 Å². The predicted octanol–water partition coefficient (Wildman–Crippen LogP) is 5.52. The van der Waals surface area contributed by atoms with Crippen LogP contribution >= 0.6 is 11.3 Å². The summed E-state index contributed by atoms with van der Waals surface area (Å²) in [7, 11) is 0. The number of fused-ring (bicyclic) bond motifs is 1. The number of carbonyl (C=O) groups is 1. The van der Waals surface area contributed by atoms with Crippen molar-refractivity contribution in [1.29, 1.82) is 0 Å². The molecule has 4 aromatic rings. The van der Waals surface area contributed by atoms with Gasteiger partial charge in [0.1, 0.15) is 5.82 Å². The molecule has 2 aromatic carbocycles. The summed E-state index contributed by atoms with van der Waals surface area (Å²) in [5.41, 5.74) is 3.21. The highest BCUT2D eigenvalue weighted by molar-refractivity contribution is 7.22. The summed E-state index contributed by atoms with van der Waals surface area (Å²) in [6, 6.07) is 15.8. The molecular weight excluding hydrogens is 411 g/mol. The molecule has 0 unspecified atom stereocenters. The predicted molar refractivity (Wildman–Crippen MR) is 124 cm³/mol. The molecule has 7 heteroatoms. The zero-order valence-electron chi connectivity index (χ0n) is 17.5. The Bertz CT molecular complexity index is 1170. The number of pyridine rings is 1. The second kappa shape index (κ2) is 9.22. The third-order valence-electron chi connectivity index (χ3n) is 5.12. The molecule has 5 nitrogen and oxygen atoms in total. The van der Waals surface area contributed by atoms with Gasteiger partial charge < -0.3 is 4.90 Å². The molecule has 31 heavy (non-hydrogen) atoms. The Hall–Kier alpha value is -3.32. The fourth-order valence-electron chi connectivity index (χ4n) is 3.46. The van der Waals surface area contributed by atoms with Gasteiger partial charge in [-0.05, 0) is 67.9 Å². The van der Waals surface area contributed by atoms with Gasteiger partial charge in [-0.3, -0.25) is 14.7 Å². The summed E-state index contributed by atoms with van der Waals surface area (Å²) in [5.74, 6) is -0.477. The van der Waals surface area contributed by atoms with E-state index in [0.717, 1.165) is 24.3 Å². The quantitative estimate of drug-likeness (QED) is 0.384. The van der Waals surface area contributed by atoms with Gasteiger partial charge in [0.15, 0.2) is 5.13 Å². The van der Waals surface area contributed by atoms with E-state index in [9.17, 15) is 9.18 Å². The average molecular weight is 435 g/mol. The molecular formula is C24H23FN4OS. The van der Waals surface area contributed by atoms with E-state index in [0.29, 0.717) is 27.5 Å². The van der Waals surface area contributed by atoms with E-state index in [4.69, 9.17) is 0 Å². The maximum absolute atomic E-state index is 13.7. The van der Waals surface area contributed by atoms with E-state index in [1.54, 1.807) is 23.4 Å². The van der Waals surface area contributed by atoms with Gasteiger partial charge >= 0.3 is 0 Å². The molecule has 1 amide bonds. The van der Waals surface area contributed by atoms with Crippen molar-refractivity contribution in [2.45, 2.75) is 20.4 Å². The third-order valence-corrected chi connectivity index (χ3v) is 6.16. The van der Waals surface area contributed by atoms with Crippen molar-refractivity contribution in [3.05, 3.63) is 83.9 Å². The van der Waals surface area contributed by atoms with Crippen LogP contribution in [0.25, 0.3) is 10.2 Å². The molecule has 2 aromatic heterocycles. The molecule has 0 N–H and O–H groups in total. The Morgan fingerprint density at radius 3 is 2.52 bits per heavy atom. The number of hydrogen-bond donors (Lipinski definition) is 0. The number of anilines is 2. The normalized spacial score (nSPS) is 10.9. The highest BCUT2D eigenvalue weighted by Gasteiger charge is 2.22. The van der Waals surface area contributed by atoms with Gasteiger partial charge in [0, 0.05) is 36.7 Å². The fraction of sp³-hybridized carbons (Fsp3) is 0.208. The minimum atomic E-state index is -0.320. The number of benzene rings is 2. The van der Waals surface area contributed by atoms with Crippen LogP contribution in [0.1, 0.15) is 29.8 Å². The SMILES string of the molecule is CCN(CC)c1ccc(C(=O)N(Cc2cccnc2)c2nc3ccc(F)cc3s2)cc1. The van der Waals surface area contributed by atoms with Crippen LogP contribution in [-0.4, -0.2) is 29.0 Å². The summed E-state index contributed by atoms with van der Waals surface area (Å²) >= 11 is 1.30. The van der Waals surface area contributed by atoms with Gasteiger partial charge in [-0.2, -0.15) is 0 Å². The first-order valence-electron chi connectivity index (χ1n) is 10.2. The van der Waals surface area contributed by atoms with E-state index >= 15 is 0 Å². The van der Waals surface area contributed by atoms with Crippen LogP contribution in [-0.2, 0) is 6.54 Å². The highest BCUT2D eigenvalue weighted by Crippen LogP contribution is 2.31. The Kier molecular flexibility index (Phi) is 6.23. The van der Waals surface area contributed by atoms with Crippen LogP contribution in [0.2, 0.25) is 0 Å². The minimum Gasteiger partial charge on any atom is -0.372 e. The van der Waals surface area contributed by atoms with E-state index in [1.165, 1.54) is 23.5 Å². The van der Waals surface area contributed by atoms with E-state index in [2.05, 4.69) is 28.7 Å². The number of thiazole rings is 1. The Morgan fingerprint density at radius 2 is 1.84 bits per heavy atom. The lowest BCUT2D eigenvalue weighted by molar-refractivity contribution is 0.0985. The lowest BCUT2D eigenvalue weighted by Crippen LogP contribution is -2.30. The molecule has 0 fully saturated rings. The smallest absolute Gasteiger partial charge is 0.260 e. The molecule has 0 saturated heterocycles. The number of aromatic nitrogens is 2. The maximum Gasteiger partial charge on any atom is 0.260 e. The van der Waals surface area contributed by atoms with Gasteiger partial charge in [0.05, 0.1) is 16.8 Å². The first kappa shape index (κ1) is 20.9. The zero-order valence-corrected chi connectivity index (χ0v) is 18.3. The molecule has 0 aliphatic heterocycles. The summed E-state index contributed by atoms with van der Waals surface area (Å²) in [4.78, 5) is 26.1. The van der Waals surface area contributed by atoms with Crippen molar-refractivity contribution in [1.82, 2.24) is 9.97 Å². The van der Waals surface area contributed by atoms with Crippen LogP contribution < -0.4 is 9.80 Å². The molecule has 0 aliphatic carbocycles. The molecule has 0 spiro atoms. The lowest BCUT2D eigenvalue weighted by Gasteiger charge is -2.22. The molecule has 0 radical (unpaired) electrons. The van der Waals surface area contributed by atoms with Crippen molar-refractivity contribution >= 4 is 38.3 Å². The van der Waals surface area contributed by atoms with Crippen LogP contribution in [0.4, 0.5) is 15.2 Å².